The Morgan fingerprint density at radius 1 is 1.09 bits per heavy atom. The van der Waals surface area contributed by atoms with Crippen molar-refractivity contribution in [2.24, 2.45) is 16.7 Å². The third-order valence-electron chi connectivity index (χ3n) is 11.1. The lowest BCUT2D eigenvalue weighted by molar-refractivity contribution is -0.343. The van der Waals surface area contributed by atoms with Gasteiger partial charge in [-0.2, -0.15) is 0 Å². The maximum absolute atomic E-state index is 14.5. The van der Waals surface area contributed by atoms with E-state index in [1.165, 1.54) is 39.8 Å². The number of ether oxygens (including phenoxy) is 3. The van der Waals surface area contributed by atoms with Crippen molar-refractivity contribution in [1.82, 2.24) is 5.32 Å². The van der Waals surface area contributed by atoms with Crippen LogP contribution in [0, 0.1) is 16.7 Å². The lowest BCUT2D eigenvalue weighted by Gasteiger charge is -2.66. The number of hydrogen-bond acceptors (Lipinski definition) is 13. The van der Waals surface area contributed by atoms with Gasteiger partial charge in [0.15, 0.2) is 11.9 Å². The Hall–Kier alpha value is -3.24. The second kappa shape index (κ2) is 12.0. The molecular formula is C33H43NO13. The van der Waals surface area contributed by atoms with Gasteiger partial charge >= 0.3 is 11.9 Å². The average molecular weight is 662 g/mol. The van der Waals surface area contributed by atoms with E-state index < -0.39 is 107 Å². The fourth-order valence-corrected chi connectivity index (χ4v) is 8.24. The molecule has 47 heavy (non-hydrogen) atoms. The summed E-state index contributed by atoms with van der Waals surface area (Å²) in [6.45, 7) is 5.88. The molecule has 0 spiro atoms. The van der Waals surface area contributed by atoms with E-state index in [9.17, 15) is 49.8 Å². The van der Waals surface area contributed by atoms with Crippen molar-refractivity contribution in [2.45, 2.75) is 101 Å². The number of hydrogen-bond donors (Lipinski definition) is 7. The van der Waals surface area contributed by atoms with Gasteiger partial charge in [0.25, 0.3) is 0 Å². The summed E-state index contributed by atoms with van der Waals surface area (Å²) in [6.07, 6.45) is -10.3. The van der Waals surface area contributed by atoms with E-state index in [0.29, 0.717) is 0 Å². The molecule has 4 aliphatic rings. The van der Waals surface area contributed by atoms with Crippen LogP contribution in [0.5, 0.6) is 0 Å². The molecule has 258 valence electrons. The molecule has 5 rings (SSSR count). The Balaban J connectivity index is 1.68. The molecule has 1 saturated heterocycles. The van der Waals surface area contributed by atoms with Crippen LogP contribution in [0.2, 0.25) is 0 Å². The van der Waals surface area contributed by atoms with Crippen LogP contribution in [0.4, 0.5) is 0 Å². The van der Waals surface area contributed by atoms with Crippen molar-refractivity contribution in [3.05, 3.63) is 47.0 Å². The van der Waals surface area contributed by atoms with Gasteiger partial charge in [-0.1, -0.05) is 32.0 Å². The highest BCUT2D eigenvalue weighted by molar-refractivity contribution is 5.94. The van der Waals surface area contributed by atoms with Gasteiger partial charge in [0.05, 0.1) is 42.4 Å². The normalized spacial score (nSPS) is 38.7. The second-order valence-corrected chi connectivity index (χ2v) is 14.0. The van der Waals surface area contributed by atoms with Crippen LogP contribution in [-0.2, 0) is 28.6 Å². The van der Waals surface area contributed by atoms with Crippen molar-refractivity contribution in [3.8, 4) is 0 Å². The Bertz CT molecular complexity index is 1480. The summed E-state index contributed by atoms with van der Waals surface area (Å²) < 4.78 is 17.3. The molecule has 7 N–H and O–H groups in total. The predicted octanol–water partition coefficient (Wildman–Crippen LogP) is -1.08. The Kier molecular flexibility index (Phi) is 8.97. The zero-order valence-electron chi connectivity index (χ0n) is 26.9. The lowest BCUT2D eigenvalue weighted by Crippen LogP contribution is -2.81. The van der Waals surface area contributed by atoms with Crippen LogP contribution >= 0.6 is 0 Å². The molecule has 1 aliphatic heterocycles. The van der Waals surface area contributed by atoms with Crippen LogP contribution in [0.3, 0.4) is 0 Å². The molecule has 9 unspecified atom stereocenters. The summed E-state index contributed by atoms with van der Waals surface area (Å²) in [5.74, 6) is -5.25. The first-order chi connectivity index (χ1) is 21.9. The highest BCUT2D eigenvalue weighted by atomic mass is 16.6. The molecule has 1 heterocycles. The molecule has 11 atom stereocenters. The van der Waals surface area contributed by atoms with E-state index in [-0.39, 0.29) is 29.7 Å². The molecule has 2 bridgehead atoms. The molecule has 1 aromatic rings. The number of nitrogens with one attached hydrogen (secondary N) is 1. The van der Waals surface area contributed by atoms with E-state index in [2.05, 4.69) is 5.32 Å². The van der Waals surface area contributed by atoms with Crippen LogP contribution in [-0.4, -0.2) is 121 Å². The summed E-state index contributed by atoms with van der Waals surface area (Å²) in [4.78, 5) is 52.9. The van der Waals surface area contributed by atoms with Crippen molar-refractivity contribution in [3.63, 3.8) is 0 Å². The minimum Gasteiger partial charge on any atom is -0.456 e. The molecule has 14 heteroatoms. The first kappa shape index (κ1) is 35.1. The number of ketones is 1. The molecule has 3 fully saturated rings. The highest BCUT2D eigenvalue weighted by Gasteiger charge is 2.76. The van der Waals surface area contributed by atoms with Gasteiger partial charge in [0, 0.05) is 31.1 Å². The van der Waals surface area contributed by atoms with E-state index in [1.54, 1.807) is 18.2 Å². The van der Waals surface area contributed by atoms with Gasteiger partial charge in [0.1, 0.15) is 29.5 Å². The number of esters is 2. The summed E-state index contributed by atoms with van der Waals surface area (Å²) in [5, 5.41) is 70.9. The number of carbonyl (C=O) groups excluding carboxylic acids is 4. The third-order valence-corrected chi connectivity index (χ3v) is 11.1. The van der Waals surface area contributed by atoms with Gasteiger partial charge in [0.2, 0.25) is 5.91 Å². The first-order valence-electron chi connectivity index (χ1n) is 15.6. The van der Waals surface area contributed by atoms with Gasteiger partial charge in [-0.05, 0) is 37.1 Å². The van der Waals surface area contributed by atoms with Crippen molar-refractivity contribution >= 4 is 23.6 Å². The van der Waals surface area contributed by atoms with Crippen molar-refractivity contribution in [1.29, 1.82) is 0 Å². The molecule has 1 amide bonds. The van der Waals surface area contributed by atoms with Gasteiger partial charge in [-0.15, -0.1) is 0 Å². The first-order valence-corrected chi connectivity index (χ1v) is 15.6. The number of amides is 1. The van der Waals surface area contributed by atoms with E-state index in [1.807, 2.05) is 0 Å². The topological polar surface area (TPSA) is 229 Å². The summed E-state index contributed by atoms with van der Waals surface area (Å²) >= 11 is 0. The van der Waals surface area contributed by atoms with Crippen molar-refractivity contribution in [2.75, 3.05) is 13.2 Å². The number of benzene rings is 1. The number of Topliss-reactive ketones (excluding diaryl/α,β-unsaturated/α-hetero) is 1. The molecule has 2 saturated carbocycles. The minimum atomic E-state index is -2.29. The van der Waals surface area contributed by atoms with Gasteiger partial charge in [-0.3, -0.25) is 9.59 Å². The molecular weight excluding hydrogens is 618 g/mol. The van der Waals surface area contributed by atoms with Crippen LogP contribution in [0.25, 0.3) is 0 Å². The van der Waals surface area contributed by atoms with Crippen LogP contribution in [0.1, 0.15) is 57.8 Å². The van der Waals surface area contributed by atoms with Crippen LogP contribution < -0.4 is 5.32 Å². The molecule has 3 aliphatic carbocycles. The molecule has 0 radical (unpaired) electrons. The Labute approximate surface area is 271 Å². The molecule has 1 aromatic carbocycles. The number of fused-ring (bicyclic) bond motifs is 5. The fourth-order valence-electron chi connectivity index (χ4n) is 8.24. The summed E-state index contributed by atoms with van der Waals surface area (Å²) in [5.41, 5.74) is -7.54. The number of aliphatic hydroxyl groups is 6. The monoisotopic (exact) mass is 661 g/mol. The van der Waals surface area contributed by atoms with Gasteiger partial charge < -0.3 is 50.2 Å². The maximum Gasteiger partial charge on any atom is 0.338 e. The Morgan fingerprint density at radius 3 is 2.28 bits per heavy atom. The number of carbonyl (C=O) groups is 4. The largest absolute Gasteiger partial charge is 0.456 e. The van der Waals surface area contributed by atoms with Crippen molar-refractivity contribution < 1.29 is 64.0 Å². The van der Waals surface area contributed by atoms with E-state index in [0.717, 1.165) is 6.92 Å². The standard InChI is InChI=1S/C33H43NO13/c1-15-19(46-29(42)23(38)18(13-35)34-16(2)36)12-33(44)27(47-28(41)17-9-7-6-8-10-17)25-31(5,20(37)11-21-32(25,43)14-45-21)26(40)24(39)22(15)30(33,3)4/h6-10,18-21,23-25,27,35,37-39,43-44H,11-14H2,1-5H3,(H,34,36)/t18?,19?,20?,21?,23?,24?,25?,27?,31-,32+,33?/m1/s1. The number of rotatable bonds is 7. The maximum atomic E-state index is 14.5. The lowest BCUT2D eigenvalue weighted by atomic mass is 9.44. The SMILES string of the molecule is CC(=O)NC(CO)C(O)C(=O)OC1CC2(O)C(OC(=O)c3ccccc3)C3[C@]4(O)COC4CC(O)[C@@]3(C)C(=O)C(O)C(=C1C)C2(C)C. The van der Waals surface area contributed by atoms with Gasteiger partial charge in [-0.25, -0.2) is 9.59 Å². The highest BCUT2D eigenvalue weighted by Crippen LogP contribution is 2.63. The summed E-state index contributed by atoms with van der Waals surface area (Å²) in [6, 6.07) is 6.39. The van der Waals surface area contributed by atoms with E-state index in [4.69, 9.17) is 14.2 Å². The molecule has 14 nitrogen and oxygen atoms in total. The second-order valence-electron chi connectivity index (χ2n) is 14.0. The van der Waals surface area contributed by atoms with Crippen LogP contribution in [0.15, 0.2) is 41.5 Å². The Morgan fingerprint density at radius 2 is 1.72 bits per heavy atom. The summed E-state index contributed by atoms with van der Waals surface area (Å²) in [7, 11) is 0. The minimum absolute atomic E-state index is 0.0595. The smallest absolute Gasteiger partial charge is 0.338 e. The van der Waals surface area contributed by atoms with E-state index >= 15 is 0 Å². The number of aliphatic hydroxyl groups excluding tert-OH is 4. The molecule has 0 aromatic heterocycles. The predicted molar refractivity (Wildman–Crippen MR) is 160 cm³/mol. The zero-order valence-corrected chi connectivity index (χ0v) is 26.9. The average Bonchev–Trinajstić information content (AvgIpc) is 3.02. The quantitative estimate of drug-likeness (QED) is 0.136. The fraction of sp³-hybridized carbons (Fsp3) is 0.636. The third kappa shape index (κ3) is 5.21. The zero-order chi connectivity index (χ0) is 34.9.